The smallest absolute Gasteiger partial charge is 0.268 e. The summed E-state index contributed by atoms with van der Waals surface area (Å²) in [5.74, 6) is -4.14. The number of carbonyl (C=O) groups is 2. The van der Waals surface area contributed by atoms with Gasteiger partial charge in [-0.05, 0) is 36.4 Å². The molecule has 0 unspecified atom stereocenters. The van der Waals surface area contributed by atoms with Crippen molar-refractivity contribution in [2.24, 2.45) is 0 Å². The molecule has 0 spiro atoms. The van der Waals surface area contributed by atoms with Crippen LogP contribution in [0.15, 0.2) is 36.4 Å². The summed E-state index contributed by atoms with van der Waals surface area (Å²) >= 11 is 5.69. The van der Waals surface area contributed by atoms with Gasteiger partial charge in [-0.25, -0.2) is 13.2 Å². The number of rotatable bonds is 4. The Morgan fingerprint density at radius 2 is 1.78 bits per heavy atom. The quantitative estimate of drug-likeness (QED) is 0.614. The lowest BCUT2D eigenvalue weighted by molar-refractivity contribution is -0.149. The van der Waals surface area contributed by atoms with E-state index in [0.29, 0.717) is 5.69 Å². The van der Waals surface area contributed by atoms with E-state index in [-0.39, 0.29) is 18.5 Å². The van der Waals surface area contributed by atoms with Crippen LogP contribution in [0, 0.1) is 17.5 Å². The molecule has 3 rings (SSSR count). The SMILES string of the molecule is O=C(NCc1c(F)ccc(F)c1Cl)[C@@]1(O)CCN(c2ccc(F)cc2)C1=O. The normalized spacial score (nSPS) is 19.4. The number of carbonyl (C=O) groups excluding carboxylic acids is 2. The maximum atomic E-state index is 13.8. The third-order valence-corrected chi connectivity index (χ3v) is 4.78. The van der Waals surface area contributed by atoms with Gasteiger partial charge in [0, 0.05) is 30.8 Å². The minimum absolute atomic E-state index is 0.0312. The van der Waals surface area contributed by atoms with Crippen molar-refractivity contribution in [2.75, 3.05) is 11.4 Å². The third kappa shape index (κ3) is 3.50. The average Bonchev–Trinajstić information content (AvgIpc) is 2.95. The first-order valence-corrected chi connectivity index (χ1v) is 8.32. The highest BCUT2D eigenvalue weighted by Gasteiger charge is 2.51. The number of anilines is 1. The van der Waals surface area contributed by atoms with Gasteiger partial charge in [-0.3, -0.25) is 9.59 Å². The predicted molar refractivity (Wildman–Crippen MR) is 91.5 cm³/mol. The molecule has 1 saturated heterocycles. The minimum atomic E-state index is -2.37. The van der Waals surface area contributed by atoms with Crippen molar-refractivity contribution < 1.29 is 27.9 Å². The maximum absolute atomic E-state index is 13.8. The molecule has 1 aliphatic heterocycles. The molecule has 1 fully saturated rings. The Hall–Kier alpha value is -2.58. The molecule has 5 nitrogen and oxygen atoms in total. The average molecular weight is 399 g/mol. The van der Waals surface area contributed by atoms with E-state index in [4.69, 9.17) is 11.6 Å². The molecular formula is C18H14ClF3N2O3. The van der Waals surface area contributed by atoms with Gasteiger partial charge in [0.15, 0.2) is 0 Å². The van der Waals surface area contributed by atoms with Gasteiger partial charge in [-0.1, -0.05) is 11.6 Å². The molecule has 1 aliphatic rings. The summed E-state index contributed by atoms with van der Waals surface area (Å²) in [6.45, 7) is -0.475. The second-order valence-corrected chi connectivity index (χ2v) is 6.43. The largest absolute Gasteiger partial charge is 0.372 e. The van der Waals surface area contributed by atoms with E-state index in [9.17, 15) is 27.9 Å². The van der Waals surface area contributed by atoms with Gasteiger partial charge in [0.1, 0.15) is 17.5 Å². The standard InChI is InChI=1S/C18H14ClF3N2O3/c19-15-12(13(21)5-6-14(15)22)9-23-16(25)18(27)7-8-24(17(18)26)11-3-1-10(20)2-4-11/h1-6,27H,7-9H2,(H,23,25)/t18-/m0/s1. The second kappa shape index (κ2) is 7.21. The molecule has 2 aromatic rings. The zero-order chi connectivity index (χ0) is 19.8. The number of hydrogen-bond acceptors (Lipinski definition) is 3. The van der Waals surface area contributed by atoms with E-state index in [1.165, 1.54) is 12.1 Å². The van der Waals surface area contributed by atoms with Crippen LogP contribution >= 0.6 is 11.6 Å². The molecule has 0 aromatic heterocycles. The van der Waals surface area contributed by atoms with Gasteiger partial charge in [-0.15, -0.1) is 0 Å². The number of hydrogen-bond donors (Lipinski definition) is 2. The van der Waals surface area contributed by atoms with Crippen LogP contribution in [0.3, 0.4) is 0 Å². The highest BCUT2D eigenvalue weighted by molar-refractivity contribution is 6.31. The van der Waals surface area contributed by atoms with Crippen LogP contribution in [0.2, 0.25) is 5.02 Å². The number of aliphatic hydroxyl groups is 1. The minimum Gasteiger partial charge on any atom is -0.372 e. The molecule has 0 aliphatic carbocycles. The van der Waals surface area contributed by atoms with Crippen LogP contribution in [-0.2, 0) is 16.1 Å². The monoisotopic (exact) mass is 398 g/mol. The van der Waals surface area contributed by atoms with Crippen molar-refractivity contribution in [2.45, 2.75) is 18.6 Å². The number of nitrogens with zero attached hydrogens (tertiary/aromatic N) is 1. The topological polar surface area (TPSA) is 69.6 Å². The molecule has 142 valence electrons. The molecule has 9 heteroatoms. The van der Waals surface area contributed by atoms with Crippen LogP contribution in [0.25, 0.3) is 0 Å². The van der Waals surface area contributed by atoms with E-state index in [0.717, 1.165) is 29.2 Å². The van der Waals surface area contributed by atoms with Crippen LogP contribution in [0.1, 0.15) is 12.0 Å². The molecule has 2 N–H and O–H groups in total. The summed E-state index contributed by atoms with van der Waals surface area (Å²) < 4.78 is 40.2. The number of halogens is 4. The van der Waals surface area contributed by atoms with Crippen molar-refractivity contribution in [1.82, 2.24) is 5.32 Å². The van der Waals surface area contributed by atoms with Crippen LogP contribution in [0.5, 0.6) is 0 Å². The van der Waals surface area contributed by atoms with Gasteiger partial charge in [-0.2, -0.15) is 0 Å². The molecule has 1 atom stereocenters. The lowest BCUT2D eigenvalue weighted by atomic mass is 10.0. The molecule has 2 amide bonds. The lowest BCUT2D eigenvalue weighted by Crippen LogP contribution is -2.52. The molecule has 2 aromatic carbocycles. The first kappa shape index (κ1) is 19.2. The summed E-state index contributed by atoms with van der Waals surface area (Å²) in [7, 11) is 0. The number of amides is 2. The van der Waals surface area contributed by atoms with Crippen molar-refractivity contribution >= 4 is 29.1 Å². The zero-order valence-corrected chi connectivity index (χ0v) is 14.6. The Bertz CT molecular complexity index is 907. The zero-order valence-electron chi connectivity index (χ0n) is 13.8. The highest BCUT2D eigenvalue weighted by Crippen LogP contribution is 2.29. The highest BCUT2D eigenvalue weighted by atomic mass is 35.5. The van der Waals surface area contributed by atoms with Gasteiger partial charge >= 0.3 is 0 Å². The Morgan fingerprint density at radius 3 is 2.44 bits per heavy atom. The van der Waals surface area contributed by atoms with Gasteiger partial charge < -0.3 is 15.3 Å². The van der Waals surface area contributed by atoms with Gasteiger partial charge in [0.05, 0.1) is 5.02 Å². The summed E-state index contributed by atoms with van der Waals surface area (Å²) in [6.07, 6.45) is -0.214. The molecule has 0 radical (unpaired) electrons. The summed E-state index contributed by atoms with van der Waals surface area (Å²) in [4.78, 5) is 26.0. The first-order valence-electron chi connectivity index (χ1n) is 7.94. The van der Waals surface area contributed by atoms with Crippen LogP contribution in [0.4, 0.5) is 18.9 Å². The summed E-state index contributed by atoms with van der Waals surface area (Å²) in [5, 5.41) is 12.2. The summed E-state index contributed by atoms with van der Waals surface area (Å²) in [5.41, 5.74) is -2.34. The Labute approximate surface area is 157 Å². The van der Waals surface area contributed by atoms with E-state index in [2.05, 4.69) is 5.32 Å². The Balaban J connectivity index is 1.74. The van der Waals surface area contributed by atoms with Crippen molar-refractivity contribution in [3.05, 3.63) is 64.4 Å². The number of benzene rings is 2. The van der Waals surface area contributed by atoms with Gasteiger partial charge in [0.25, 0.3) is 11.8 Å². The Morgan fingerprint density at radius 1 is 1.15 bits per heavy atom. The third-order valence-electron chi connectivity index (χ3n) is 4.37. The first-order chi connectivity index (χ1) is 12.7. The van der Waals surface area contributed by atoms with E-state index in [1.54, 1.807) is 0 Å². The lowest BCUT2D eigenvalue weighted by Gasteiger charge is -2.22. The second-order valence-electron chi connectivity index (χ2n) is 6.05. The fourth-order valence-electron chi connectivity index (χ4n) is 2.83. The molecule has 0 bridgehead atoms. The van der Waals surface area contributed by atoms with Crippen molar-refractivity contribution in [3.63, 3.8) is 0 Å². The maximum Gasteiger partial charge on any atom is 0.268 e. The molecule has 0 saturated carbocycles. The summed E-state index contributed by atoms with van der Waals surface area (Å²) in [6, 6.07) is 6.69. The predicted octanol–water partition coefficient (Wildman–Crippen LogP) is 2.54. The molecule has 1 heterocycles. The molecular weight excluding hydrogens is 385 g/mol. The fraction of sp³-hybridized carbons (Fsp3) is 0.222. The van der Waals surface area contributed by atoms with Gasteiger partial charge in [0.2, 0.25) is 5.60 Å². The fourth-order valence-corrected chi connectivity index (χ4v) is 3.05. The van der Waals surface area contributed by atoms with Crippen molar-refractivity contribution in [3.8, 4) is 0 Å². The van der Waals surface area contributed by atoms with E-state index in [1.807, 2.05) is 0 Å². The van der Waals surface area contributed by atoms with Crippen molar-refractivity contribution in [1.29, 1.82) is 0 Å². The van der Waals surface area contributed by atoms with Crippen LogP contribution < -0.4 is 10.2 Å². The number of nitrogens with one attached hydrogen (secondary N) is 1. The Kier molecular flexibility index (Phi) is 5.12. The molecule has 27 heavy (non-hydrogen) atoms. The van der Waals surface area contributed by atoms with Crippen LogP contribution in [-0.4, -0.2) is 29.1 Å². The van der Waals surface area contributed by atoms with E-state index >= 15 is 0 Å². The van der Waals surface area contributed by atoms with E-state index < -0.39 is 46.4 Å².